The van der Waals surface area contributed by atoms with Crippen LogP contribution in [-0.2, 0) is 14.8 Å². The van der Waals surface area contributed by atoms with Crippen molar-refractivity contribution >= 4 is 39.2 Å². The van der Waals surface area contributed by atoms with Crippen LogP contribution in [0.3, 0.4) is 0 Å². The molecule has 0 bridgehead atoms. The predicted molar refractivity (Wildman–Crippen MR) is 103 cm³/mol. The molecule has 0 saturated carbocycles. The number of rotatable bonds is 5. The van der Waals surface area contributed by atoms with E-state index in [1.54, 1.807) is 24.4 Å². The molecule has 1 aliphatic rings. The molecule has 26 heavy (non-hydrogen) atoms. The molecular formula is C17H23ClN4O3S. The SMILES string of the molecule is Cl.NCCNC(=O)C1CCCN(S(=O)(=O)c2cccc3cccnc23)C1. The largest absolute Gasteiger partial charge is 0.355 e. The van der Waals surface area contributed by atoms with E-state index in [-0.39, 0.29) is 35.7 Å². The predicted octanol–water partition coefficient (Wildman–Crippen LogP) is 1.13. The molecule has 9 heteroatoms. The van der Waals surface area contributed by atoms with Gasteiger partial charge < -0.3 is 11.1 Å². The molecule has 1 fully saturated rings. The molecule has 142 valence electrons. The van der Waals surface area contributed by atoms with Gasteiger partial charge >= 0.3 is 0 Å². The number of pyridine rings is 1. The van der Waals surface area contributed by atoms with E-state index >= 15 is 0 Å². The third-order valence-electron chi connectivity index (χ3n) is 4.41. The second-order valence-corrected chi connectivity index (χ2v) is 8.02. The van der Waals surface area contributed by atoms with Crippen LogP contribution in [0.5, 0.6) is 0 Å². The van der Waals surface area contributed by atoms with Crippen LogP contribution in [0.4, 0.5) is 0 Å². The van der Waals surface area contributed by atoms with Crippen molar-refractivity contribution in [3.63, 3.8) is 0 Å². The van der Waals surface area contributed by atoms with Crippen molar-refractivity contribution < 1.29 is 13.2 Å². The lowest BCUT2D eigenvalue weighted by Gasteiger charge is -2.31. The summed E-state index contributed by atoms with van der Waals surface area (Å²) in [6.45, 7) is 1.35. The molecule has 3 rings (SSSR count). The molecule has 1 aromatic heterocycles. The number of benzene rings is 1. The van der Waals surface area contributed by atoms with Gasteiger partial charge in [0.15, 0.2) is 0 Å². The minimum Gasteiger partial charge on any atom is -0.355 e. The second kappa shape index (κ2) is 8.77. The van der Waals surface area contributed by atoms with Gasteiger partial charge in [0.2, 0.25) is 15.9 Å². The first kappa shape index (κ1) is 20.6. The first-order chi connectivity index (χ1) is 12.0. The maximum absolute atomic E-state index is 13.1. The Morgan fingerprint density at radius 1 is 1.31 bits per heavy atom. The Hall–Kier alpha value is -1.74. The lowest BCUT2D eigenvalue weighted by molar-refractivity contribution is -0.126. The van der Waals surface area contributed by atoms with Crippen molar-refractivity contribution in [1.29, 1.82) is 0 Å². The first-order valence-electron chi connectivity index (χ1n) is 8.35. The Bertz CT molecular complexity index is 870. The summed E-state index contributed by atoms with van der Waals surface area (Å²) >= 11 is 0. The van der Waals surface area contributed by atoms with Crippen molar-refractivity contribution in [1.82, 2.24) is 14.6 Å². The van der Waals surface area contributed by atoms with Crippen molar-refractivity contribution in [3.05, 3.63) is 36.5 Å². The van der Waals surface area contributed by atoms with Gasteiger partial charge in [-0.3, -0.25) is 9.78 Å². The highest BCUT2D eigenvalue weighted by Gasteiger charge is 2.34. The number of carbonyl (C=O) groups excluding carboxylic acids is 1. The summed E-state index contributed by atoms with van der Waals surface area (Å²) in [7, 11) is -3.71. The quantitative estimate of drug-likeness (QED) is 0.785. The molecule has 3 N–H and O–H groups in total. The Kier molecular flexibility index (Phi) is 6.94. The zero-order valence-corrected chi connectivity index (χ0v) is 15.9. The molecule has 1 amide bonds. The van der Waals surface area contributed by atoms with E-state index in [1.807, 2.05) is 12.1 Å². The summed E-state index contributed by atoms with van der Waals surface area (Å²) in [5.74, 6) is -0.487. The Balaban J connectivity index is 0.00000243. The number of hydrogen-bond acceptors (Lipinski definition) is 5. The second-order valence-electron chi connectivity index (χ2n) is 6.11. The maximum atomic E-state index is 13.1. The lowest BCUT2D eigenvalue weighted by Crippen LogP contribution is -2.46. The van der Waals surface area contributed by atoms with Crippen LogP contribution >= 0.6 is 12.4 Å². The molecule has 0 aliphatic carbocycles. The van der Waals surface area contributed by atoms with Gasteiger partial charge in [0.25, 0.3) is 0 Å². The topological polar surface area (TPSA) is 105 Å². The van der Waals surface area contributed by atoms with Gasteiger partial charge in [-0.2, -0.15) is 4.31 Å². The number of carbonyl (C=O) groups is 1. The first-order valence-corrected chi connectivity index (χ1v) is 9.79. The molecule has 1 aromatic carbocycles. The van der Waals surface area contributed by atoms with Crippen LogP contribution in [0.2, 0.25) is 0 Å². The number of nitrogens with zero attached hydrogens (tertiary/aromatic N) is 2. The number of amides is 1. The highest BCUT2D eigenvalue weighted by Crippen LogP contribution is 2.27. The third-order valence-corrected chi connectivity index (χ3v) is 6.31. The fourth-order valence-corrected chi connectivity index (χ4v) is 4.83. The number of halogens is 1. The summed E-state index contributed by atoms with van der Waals surface area (Å²) in [4.78, 5) is 16.6. The summed E-state index contributed by atoms with van der Waals surface area (Å²) in [5, 5.41) is 3.52. The number of aromatic nitrogens is 1. The molecular weight excluding hydrogens is 376 g/mol. The molecule has 1 saturated heterocycles. The van der Waals surface area contributed by atoms with Gasteiger partial charge in [-0.05, 0) is 25.0 Å². The highest BCUT2D eigenvalue weighted by molar-refractivity contribution is 7.89. The molecule has 1 atom stereocenters. The number of fused-ring (bicyclic) bond motifs is 1. The van der Waals surface area contributed by atoms with Crippen LogP contribution in [0.1, 0.15) is 12.8 Å². The Labute approximate surface area is 159 Å². The molecule has 0 spiro atoms. The van der Waals surface area contributed by atoms with Crippen LogP contribution in [0, 0.1) is 5.92 Å². The summed E-state index contributed by atoms with van der Waals surface area (Å²) in [6, 6.07) is 8.73. The Morgan fingerprint density at radius 2 is 2.08 bits per heavy atom. The van der Waals surface area contributed by atoms with Gasteiger partial charge in [-0.1, -0.05) is 18.2 Å². The van der Waals surface area contributed by atoms with E-state index in [2.05, 4.69) is 10.3 Å². The van der Waals surface area contributed by atoms with Gasteiger partial charge in [0, 0.05) is 37.8 Å². The van der Waals surface area contributed by atoms with E-state index < -0.39 is 10.0 Å². The minimum atomic E-state index is -3.71. The van der Waals surface area contributed by atoms with E-state index in [4.69, 9.17) is 5.73 Å². The van der Waals surface area contributed by atoms with Gasteiger partial charge in [0.05, 0.1) is 11.4 Å². The third kappa shape index (κ3) is 4.15. The standard InChI is InChI=1S/C17H22N4O3S.ClH/c18-8-10-20-17(22)14-6-3-11-21(12-14)25(23,24)15-7-1-4-13-5-2-9-19-16(13)15;/h1-2,4-5,7,9,14H,3,6,8,10-12,18H2,(H,20,22);1H. The van der Waals surface area contributed by atoms with E-state index in [9.17, 15) is 13.2 Å². The van der Waals surface area contributed by atoms with Gasteiger partial charge in [0.1, 0.15) is 4.90 Å². The van der Waals surface area contributed by atoms with Crippen molar-refractivity contribution in [2.75, 3.05) is 26.2 Å². The number of sulfonamides is 1. The summed E-state index contributed by atoms with van der Waals surface area (Å²) in [6.07, 6.45) is 2.91. The number of nitrogens with two attached hydrogens (primary N) is 1. The summed E-state index contributed by atoms with van der Waals surface area (Å²) < 4.78 is 27.6. The molecule has 1 aliphatic heterocycles. The average Bonchev–Trinajstić information content (AvgIpc) is 2.65. The van der Waals surface area contributed by atoms with E-state index in [0.29, 0.717) is 38.0 Å². The number of piperidine rings is 1. The van der Waals surface area contributed by atoms with Crippen LogP contribution in [-0.4, -0.2) is 49.8 Å². The normalized spacial score (nSPS) is 18.3. The van der Waals surface area contributed by atoms with Crippen LogP contribution in [0.15, 0.2) is 41.4 Å². The molecule has 2 aromatic rings. The van der Waals surface area contributed by atoms with Gasteiger partial charge in [-0.15, -0.1) is 12.4 Å². The number of hydrogen-bond donors (Lipinski definition) is 2. The molecule has 0 radical (unpaired) electrons. The summed E-state index contributed by atoms with van der Waals surface area (Å²) in [5.41, 5.74) is 5.86. The van der Waals surface area contributed by atoms with Crippen molar-refractivity contribution in [3.8, 4) is 0 Å². The lowest BCUT2D eigenvalue weighted by atomic mass is 9.99. The fourth-order valence-electron chi connectivity index (χ4n) is 3.14. The molecule has 7 nitrogen and oxygen atoms in total. The van der Waals surface area contributed by atoms with Crippen molar-refractivity contribution in [2.24, 2.45) is 11.7 Å². The van der Waals surface area contributed by atoms with Crippen molar-refractivity contribution in [2.45, 2.75) is 17.7 Å². The highest BCUT2D eigenvalue weighted by atomic mass is 35.5. The fraction of sp³-hybridized carbons (Fsp3) is 0.412. The van der Waals surface area contributed by atoms with Gasteiger partial charge in [-0.25, -0.2) is 8.42 Å². The monoisotopic (exact) mass is 398 g/mol. The number of nitrogens with one attached hydrogen (secondary N) is 1. The average molecular weight is 399 g/mol. The molecule has 2 heterocycles. The molecule has 1 unspecified atom stereocenters. The number of para-hydroxylation sites is 1. The minimum absolute atomic E-state index is 0. The van der Waals surface area contributed by atoms with Crippen LogP contribution < -0.4 is 11.1 Å². The van der Waals surface area contributed by atoms with E-state index in [0.717, 1.165) is 5.39 Å². The Morgan fingerprint density at radius 3 is 2.85 bits per heavy atom. The smallest absolute Gasteiger partial charge is 0.245 e. The van der Waals surface area contributed by atoms with E-state index in [1.165, 1.54) is 4.31 Å². The maximum Gasteiger partial charge on any atom is 0.245 e. The zero-order chi connectivity index (χ0) is 17.9. The zero-order valence-electron chi connectivity index (χ0n) is 14.3. The van der Waals surface area contributed by atoms with Crippen LogP contribution in [0.25, 0.3) is 10.9 Å².